The third-order valence-corrected chi connectivity index (χ3v) is 2.76. The van der Waals surface area contributed by atoms with Crippen molar-refractivity contribution in [2.24, 2.45) is 0 Å². The molecule has 1 aromatic rings. The third kappa shape index (κ3) is 3.06. The quantitative estimate of drug-likeness (QED) is 0.398. The molecule has 0 spiro atoms. The highest BCUT2D eigenvalue weighted by Gasteiger charge is 2.13. The normalized spacial score (nSPS) is 9.94. The number of rotatable bonds is 5. The second kappa shape index (κ2) is 6.26. The Balaban J connectivity index is 3.11. The maximum atomic E-state index is 3.79. The summed E-state index contributed by atoms with van der Waals surface area (Å²) in [5.41, 5.74) is 4.09. The molecule has 0 amide bonds. The number of hydrogen-bond donors (Lipinski definition) is 0. The van der Waals surface area contributed by atoms with Gasteiger partial charge in [0.15, 0.2) is 12.3 Å². The second-order valence-electron chi connectivity index (χ2n) is 4.16. The van der Waals surface area contributed by atoms with Gasteiger partial charge in [0.1, 0.15) is 0 Å². The van der Waals surface area contributed by atoms with Crippen LogP contribution in [0.15, 0.2) is 36.9 Å². The SMILES string of the molecule is C=CCC[N+](=C(C)C)c1ccccc1CC. The molecule has 0 heterocycles. The maximum Gasteiger partial charge on any atom is 0.208 e. The summed E-state index contributed by atoms with van der Waals surface area (Å²) in [6.45, 7) is 11.3. The van der Waals surface area contributed by atoms with E-state index >= 15 is 0 Å². The summed E-state index contributed by atoms with van der Waals surface area (Å²) in [5.74, 6) is 0. The number of para-hydroxylation sites is 1. The fourth-order valence-corrected chi connectivity index (χ4v) is 1.88. The summed E-state index contributed by atoms with van der Waals surface area (Å²) in [4.78, 5) is 0. The van der Waals surface area contributed by atoms with Gasteiger partial charge in [0.25, 0.3) is 0 Å². The molecule has 1 aromatic carbocycles. The van der Waals surface area contributed by atoms with E-state index in [0.29, 0.717) is 0 Å². The Morgan fingerprint density at radius 3 is 2.56 bits per heavy atom. The van der Waals surface area contributed by atoms with E-state index in [1.807, 2.05) is 6.08 Å². The van der Waals surface area contributed by atoms with E-state index in [1.54, 1.807) is 0 Å². The maximum absolute atomic E-state index is 3.79. The van der Waals surface area contributed by atoms with Crippen LogP contribution < -0.4 is 0 Å². The van der Waals surface area contributed by atoms with Crippen LogP contribution in [0.1, 0.15) is 32.8 Å². The standard InChI is InChI=1S/C15H22N/c1-5-7-12-16(13(3)4)15-11-9-8-10-14(15)6-2/h5,8-11H,1,6-7,12H2,2-4H3/q+1. The third-order valence-electron chi connectivity index (χ3n) is 2.76. The predicted molar refractivity (Wildman–Crippen MR) is 71.8 cm³/mol. The molecule has 1 nitrogen and oxygen atoms in total. The minimum atomic E-state index is 1.02. The zero-order valence-corrected chi connectivity index (χ0v) is 10.7. The van der Waals surface area contributed by atoms with Gasteiger partial charge in [-0.05, 0) is 6.42 Å². The van der Waals surface area contributed by atoms with Crippen molar-refractivity contribution < 1.29 is 4.58 Å². The smallest absolute Gasteiger partial charge is 0.200 e. The lowest BCUT2D eigenvalue weighted by Crippen LogP contribution is -2.14. The van der Waals surface area contributed by atoms with E-state index in [9.17, 15) is 0 Å². The zero-order valence-electron chi connectivity index (χ0n) is 10.7. The van der Waals surface area contributed by atoms with Gasteiger partial charge >= 0.3 is 0 Å². The van der Waals surface area contributed by atoms with E-state index in [2.05, 4.69) is 56.2 Å². The molecule has 0 fully saturated rings. The van der Waals surface area contributed by atoms with Crippen LogP contribution in [0.4, 0.5) is 5.69 Å². The first kappa shape index (κ1) is 12.7. The topological polar surface area (TPSA) is 3.01 Å². The lowest BCUT2D eigenvalue weighted by atomic mass is 10.1. The van der Waals surface area contributed by atoms with Crippen molar-refractivity contribution in [1.29, 1.82) is 0 Å². The minimum absolute atomic E-state index is 1.02. The lowest BCUT2D eigenvalue weighted by molar-refractivity contribution is -0.441. The molecule has 0 unspecified atom stereocenters. The van der Waals surface area contributed by atoms with Crippen molar-refractivity contribution in [2.75, 3.05) is 6.54 Å². The molecular weight excluding hydrogens is 194 g/mol. The highest BCUT2D eigenvalue weighted by molar-refractivity contribution is 5.75. The summed E-state index contributed by atoms with van der Waals surface area (Å²) >= 11 is 0. The lowest BCUT2D eigenvalue weighted by Gasteiger charge is -2.07. The first-order chi connectivity index (χ1) is 7.70. The molecule has 16 heavy (non-hydrogen) atoms. The Morgan fingerprint density at radius 1 is 1.31 bits per heavy atom. The van der Waals surface area contributed by atoms with Crippen LogP contribution in [0, 0.1) is 0 Å². The molecule has 0 aliphatic rings. The molecule has 0 N–H and O–H groups in total. The van der Waals surface area contributed by atoms with Crippen LogP contribution in [0.5, 0.6) is 0 Å². The Kier molecular flexibility index (Phi) is 4.97. The summed E-state index contributed by atoms with van der Waals surface area (Å²) in [6, 6.07) is 8.63. The molecule has 0 saturated heterocycles. The monoisotopic (exact) mass is 216 g/mol. The second-order valence-corrected chi connectivity index (χ2v) is 4.16. The van der Waals surface area contributed by atoms with Gasteiger partial charge in [0, 0.05) is 31.9 Å². The van der Waals surface area contributed by atoms with Crippen LogP contribution in [0.3, 0.4) is 0 Å². The summed E-state index contributed by atoms with van der Waals surface area (Å²) in [5, 5.41) is 0. The van der Waals surface area contributed by atoms with E-state index in [4.69, 9.17) is 0 Å². The predicted octanol–water partition coefficient (Wildman–Crippen LogP) is 3.95. The van der Waals surface area contributed by atoms with Crippen molar-refractivity contribution in [1.82, 2.24) is 0 Å². The van der Waals surface area contributed by atoms with E-state index in [0.717, 1.165) is 19.4 Å². The summed E-state index contributed by atoms with van der Waals surface area (Å²) < 4.78 is 2.38. The molecule has 0 atom stereocenters. The van der Waals surface area contributed by atoms with Crippen LogP contribution >= 0.6 is 0 Å². The van der Waals surface area contributed by atoms with E-state index in [1.165, 1.54) is 17.0 Å². The van der Waals surface area contributed by atoms with E-state index in [-0.39, 0.29) is 0 Å². The molecule has 0 aliphatic heterocycles. The molecule has 0 aliphatic carbocycles. The van der Waals surface area contributed by atoms with Crippen molar-refractivity contribution in [3.8, 4) is 0 Å². The molecule has 0 radical (unpaired) electrons. The van der Waals surface area contributed by atoms with Crippen LogP contribution in [-0.2, 0) is 6.42 Å². The van der Waals surface area contributed by atoms with Gasteiger partial charge in [-0.2, -0.15) is 4.58 Å². The average Bonchev–Trinajstić information content (AvgIpc) is 2.29. The fraction of sp³-hybridized carbons (Fsp3) is 0.400. The highest BCUT2D eigenvalue weighted by Crippen LogP contribution is 2.19. The van der Waals surface area contributed by atoms with Crippen LogP contribution in [0.25, 0.3) is 0 Å². The van der Waals surface area contributed by atoms with Crippen molar-refractivity contribution in [2.45, 2.75) is 33.6 Å². The van der Waals surface area contributed by atoms with Crippen molar-refractivity contribution in [3.05, 3.63) is 42.5 Å². The largest absolute Gasteiger partial charge is 0.208 e. The van der Waals surface area contributed by atoms with Crippen molar-refractivity contribution >= 4 is 11.4 Å². The average molecular weight is 216 g/mol. The molecular formula is C15H22N+. The number of hydrogen-bond acceptors (Lipinski definition) is 0. The number of aryl methyl sites for hydroxylation is 1. The van der Waals surface area contributed by atoms with Gasteiger partial charge in [-0.15, -0.1) is 6.58 Å². The van der Waals surface area contributed by atoms with Gasteiger partial charge in [-0.25, -0.2) is 0 Å². The van der Waals surface area contributed by atoms with E-state index < -0.39 is 0 Å². The molecule has 0 bridgehead atoms. The Labute approximate surface area is 99.1 Å². The van der Waals surface area contributed by atoms with Gasteiger partial charge in [0.05, 0.1) is 0 Å². The van der Waals surface area contributed by atoms with Crippen LogP contribution in [-0.4, -0.2) is 16.8 Å². The zero-order chi connectivity index (χ0) is 12.0. The molecule has 1 heteroatoms. The molecule has 0 saturated carbocycles. The first-order valence-corrected chi connectivity index (χ1v) is 5.97. The summed E-state index contributed by atoms with van der Waals surface area (Å²) in [7, 11) is 0. The molecule has 1 rings (SSSR count). The molecule has 86 valence electrons. The van der Waals surface area contributed by atoms with Gasteiger partial charge < -0.3 is 0 Å². The molecule has 0 aromatic heterocycles. The first-order valence-electron chi connectivity index (χ1n) is 5.97. The van der Waals surface area contributed by atoms with Gasteiger partial charge in [0.2, 0.25) is 5.69 Å². The number of nitrogens with zero attached hydrogens (tertiary/aromatic N) is 1. The summed E-state index contributed by atoms with van der Waals surface area (Å²) in [6.07, 6.45) is 4.07. The Bertz CT molecular complexity index is 384. The Hall–Kier alpha value is -1.37. The van der Waals surface area contributed by atoms with Crippen LogP contribution in [0.2, 0.25) is 0 Å². The Morgan fingerprint density at radius 2 is 2.00 bits per heavy atom. The fourth-order valence-electron chi connectivity index (χ4n) is 1.88. The van der Waals surface area contributed by atoms with Crippen molar-refractivity contribution in [3.63, 3.8) is 0 Å². The number of benzene rings is 1. The van der Waals surface area contributed by atoms with Gasteiger partial charge in [-0.1, -0.05) is 31.2 Å². The minimum Gasteiger partial charge on any atom is -0.200 e. The highest BCUT2D eigenvalue weighted by atomic mass is 15.0. The van der Waals surface area contributed by atoms with Gasteiger partial charge in [-0.3, -0.25) is 0 Å².